The molecule has 0 saturated heterocycles. The molecular weight excluding hydrogens is 286 g/mol. The van der Waals surface area contributed by atoms with E-state index in [9.17, 15) is 13.2 Å². The van der Waals surface area contributed by atoms with Crippen LogP contribution in [-0.4, -0.2) is 25.5 Å². The van der Waals surface area contributed by atoms with Crippen LogP contribution in [0.1, 0.15) is 43.5 Å². The maximum Gasteiger partial charge on any atom is 0.336 e. The van der Waals surface area contributed by atoms with Gasteiger partial charge in [0.25, 0.3) is 0 Å². The van der Waals surface area contributed by atoms with E-state index in [2.05, 4.69) is 4.72 Å². The molecule has 1 unspecified atom stereocenters. The number of sulfonamides is 1. The van der Waals surface area contributed by atoms with Crippen molar-refractivity contribution in [1.82, 2.24) is 4.72 Å². The normalized spacial score (nSPS) is 22.5. The zero-order chi connectivity index (χ0) is 14.3. The molecule has 0 spiro atoms. The van der Waals surface area contributed by atoms with E-state index in [1.165, 1.54) is 11.4 Å². The minimum atomic E-state index is -3.62. The molecule has 19 heavy (non-hydrogen) atoms. The van der Waals surface area contributed by atoms with Crippen LogP contribution in [0.15, 0.2) is 15.7 Å². The van der Waals surface area contributed by atoms with Crippen LogP contribution in [0.4, 0.5) is 0 Å². The van der Waals surface area contributed by atoms with E-state index in [0.717, 1.165) is 30.6 Å². The number of carboxylic acid groups (broad SMARTS) is 1. The highest BCUT2D eigenvalue weighted by Gasteiger charge is 2.37. The van der Waals surface area contributed by atoms with Crippen LogP contribution in [0.2, 0.25) is 0 Å². The van der Waals surface area contributed by atoms with Crippen molar-refractivity contribution in [3.63, 3.8) is 0 Å². The van der Waals surface area contributed by atoms with Gasteiger partial charge in [0, 0.05) is 11.4 Å². The van der Waals surface area contributed by atoms with E-state index in [1.54, 1.807) is 0 Å². The Hall–Kier alpha value is -0.920. The summed E-state index contributed by atoms with van der Waals surface area (Å²) >= 11 is 0.937. The molecule has 1 aromatic rings. The van der Waals surface area contributed by atoms with Crippen LogP contribution in [0.25, 0.3) is 0 Å². The number of carboxylic acids is 1. The minimum absolute atomic E-state index is 0.0102. The summed E-state index contributed by atoms with van der Waals surface area (Å²) in [7, 11) is -3.62. The summed E-state index contributed by atoms with van der Waals surface area (Å²) in [5, 5.41) is 10.2. The second-order valence-corrected chi connectivity index (χ2v) is 8.37. The quantitative estimate of drug-likeness (QED) is 0.894. The molecule has 1 saturated carbocycles. The van der Waals surface area contributed by atoms with Crippen molar-refractivity contribution >= 4 is 27.3 Å². The van der Waals surface area contributed by atoms with E-state index in [0.29, 0.717) is 0 Å². The standard InChI is InChI=1S/C12H17NO4S2/c1-12(2)5-3-4-9(12)13-19(16,17)10-6-8(7-18-10)11(14)15/h6-7,9,13H,3-5H2,1-2H3,(H,14,15). The Morgan fingerprint density at radius 1 is 1.53 bits per heavy atom. The lowest BCUT2D eigenvalue weighted by Crippen LogP contribution is -2.41. The van der Waals surface area contributed by atoms with E-state index >= 15 is 0 Å². The molecule has 0 bridgehead atoms. The van der Waals surface area contributed by atoms with Gasteiger partial charge >= 0.3 is 5.97 Å². The molecule has 1 aromatic heterocycles. The lowest BCUT2D eigenvalue weighted by molar-refractivity contribution is 0.0697. The van der Waals surface area contributed by atoms with Crippen LogP contribution >= 0.6 is 11.3 Å². The molecule has 1 atom stereocenters. The number of carbonyl (C=O) groups is 1. The Bertz CT molecular complexity index is 589. The summed E-state index contributed by atoms with van der Waals surface area (Å²) in [6.45, 7) is 4.09. The maximum atomic E-state index is 12.2. The number of nitrogens with one attached hydrogen (secondary N) is 1. The molecular formula is C12H17NO4S2. The van der Waals surface area contributed by atoms with Crippen LogP contribution < -0.4 is 4.72 Å². The first-order valence-electron chi connectivity index (χ1n) is 6.06. The van der Waals surface area contributed by atoms with Gasteiger partial charge in [-0.25, -0.2) is 17.9 Å². The second kappa shape index (κ2) is 4.88. The largest absolute Gasteiger partial charge is 0.478 e. The van der Waals surface area contributed by atoms with Gasteiger partial charge in [0.2, 0.25) is 10.0 Å². The molecule has 2 rings (SSSR count). The Kier molecular flexibility index (Phi) is 3.72. The zero-order valence-corrected chi connectivity index (χ0v) is 12.5. The summed E-state index contributed by atoms with van der Waals surface area (Å²) in [6.07, 6.45) is 2.82. The monoisotopic (exact) mass is 303 g/mol. The van der Waals surface area contributed by atoms with Gasteiger partial charge in [-0.3, -0.25) is 0 Å². The minimum Gasteiger partial charge on any atom is -0.478 e. The van der Waals surface area contributed by atoms with Crippen molar-refractivity contribution < 1.29 is 18.3 Å². The summed E-state index contributed by atoms with van der Waals surface area (Å²) in [5.41, 5.74) is -0.0454. The average molecular weight is 303 g/mol. The molecule has 1 heterocycles. The van der Waals surface area contributed by atoms with Gasteiger partial charge in [0.1, 0.15) is 4.21 Å². The molecule has 2 N–H and O–H groups in total. The van der Waals surface area contributed by atoms with Gasteiger partial charge in [-0.1, -0.05) is 20.3 Å². The third-order valence-corrected chi connectivity index (χ3v) is 6.55. The van der Waals surface area contributed by atoms with E-state index < -0.39 is 16.0 Å². The molecule has 7 heteroatoms. The first-order valence-corrected chi connectivity index (χ1v) is 8.43. The number of hydrogen-bond donors (Lipinski definition) is 2. The van der Waals surface area contributed by atoms with Crippen molar-refractivity contribution in [2.75, 3.05) is 0 Å². The van der Waals surface area contributed by atoms with Gasteiger partial charge in [-0.05, 0) is 24.3 Å². The molecule has 106 valence electrons. The Labute approximate surface area is 116 Å². The van der Waals surface area contributed by atoms with Gasteiger partial charge in [-0.15, -0.1) is 11.3 Å². The van der Waals surface area contributed by atoms with Crippen molar-refractivity contribution in [2.24, 2.45) is 5.41 Å². The molecule has 0 radical (unpaired) electrons. The maximum absolute atomic E-state index is 12.2. The third-order valence-electron chi connectivity index (χ3n) is 3.64. The fourth-order valence-corrected chi connectivity index (χ4v) is 4.97. The van der Waals surface area contributed by atoms with Gasteiger partial charge in [0.15, 0.2) is 0 Å². The summed E-state index contributed by atoms with van der Waals surface area (Å²) in [5.74, 6) is -1.11. The number of rotatable bonds is 4. The summed E-state index contributed by atoms with van der Waals surface area (Å²) < 4.78 is 27.2. The zero-order valence-electron chi connectivity index (χ0n) is 10.8. The van der Waals surface area contributed by atoms with Gasteiger partial charge < -0.3 is 5.11 Å². The van der Waals surface area contributed by atoms with Crippen molar-refractivity contribution in [3.05, 3.63) is 17.0 Å². The molecule has 1 aliphatic rings. The molecule has 0 amide bonds. The first kappa shape index (κ1) is 14.5. The third kappa shape index (κ3) is 2.98. The highest BCUT2D eigenvalue weighted by molar-refractivity contribution is 7.91. The van der Waals surface area contributed by atoms with E-state index in [1.807, 2.05) is 13.8 Å². The lowest BCUT2D eigenvalue weighted by atomic mass is 9.88. The fourth-order valence-electron chi connectivity index (χ4n) is 2.36. The lowest BCUT2D eigenvalue weighted by Gasteiger charge is -2.27. The number of aromatic carboxylic acids is 1. The number of hydrogen-bond acceptors (Lipinski definition) is 4. The smallest absolute Gasteiger partial charge is 0.336 e. The molecule has 1 fully saturated rings. The number of thiophene rings is 1. The van der Waals surface area contributed by atoms with Crippen molar-refractivity contribution in [3.8, 4) is 0 Å². The topological polar surface area (TPSA) is 83.5 Å². The predicted molar refractivity (Wildman–Crippen MR) is 73.0 cm³/mol. The van der Waals surface area contributed by atoms with Crippen LogP contribution in [0.3, 0.4) is 0 Å². The van der Waals surface area contributed by atoms with Crippen LogP contribution in [0.5, 0.6) is 0 Å². The van der Waals surface area contributed by atoms with Gasteiger partial charge in [-0.2, -0.15) is 0 Å². The SMILES string of the molecule is CC1(C)CCCC1NS(=O)(=O)c1cc(C(=O)O)cs1. The Morgan fingerprint density at radius 3 is 2.68 bits per heavy atom. The Morgan fingerprint density at radius 2 is 2.21 bits per heavy atom. The van der Waals surface area contributed by atoms with Crippen LogP contribution in [0, 0.1) is 5.41 Å². The molecule has 5 nitrogen and oxygen atoms in total. The van der Waals surface area contributed by atoms with Crippen molar-refractivity contribution in [1.29, 1.82) is 0 Å². The second-order valence-electron chi connectivity index (χ2n) is 5.51. The van der Waals surface area contributed by atoms with E-state index in [-0.39, 0.29) is 21.2 Å². The highest BCUT2D eigenvalue weighted by atomic mass is 32.2. The summed E-state index contributed by atoms with van der Waals surface area (Å²) in [4.78, 5) is 10.8. The molecule has 0 aromatic carbocycles. The average Bonchev–Trinajstić information content (AvgIpc) is 2.86. The molecule has 0 aliphatic heterocycles. The Balaban J connectivity index is 2.20. The van der Waals surface area contributed by atoms with E-state index in [4.69, 9.17) is 5.11 Å². The fraction of sp³-hybridized carbons (Fsp3) is 0.583. The highest BCUT2D eigenvalue weighted by Crippen LogP contribution is 2.38. The van der Waals surface area contributed by atoms with Gasteiger partial charge in [0.05, 0.1) is 5.56 Å². The first-order chi connectivity index (χ1) is 8.72. The molecule has 1 aliphatic carbocycles. The van der Waals surface area contributed by atoms with Crippen LogP contribution in [-0.2, 0) is 10.0 Å². The predicted octanol–water partition coefficient (Wildman–Crippen LogP) is 2.30. The summed E-state index contributed by atoms with van der Waals surface area (Å²) in [6, 6.07) is 1.12. The van der Waals surface area contributed by atoms with Crippen molar-refractivity contribution in [2.45, 2.75) is 43.4 Å².